The summed E-state index contributed by atoms with van der Waals surface area (Å²) in [7, 11) is 0. The van der Waals surface area contributed by atoms with Gasteiger partial charge >= 0.3 is 5.97 Å². The van der Waals surface area contributed by atoms with Gasteiger partial charge in [0.15, 0.2) is 10.9 Å². The van der Waals surface area contributed by atoms with E-state index in [-0.39, 0.29) is 17.3 Å². The molecule has 2 heterocycles. The average molecular weight is 580 g/mol. The summed E-state index contributed by atoms with van der Waals surface area (Å²) in [5, 5.41) is 12.1. The SMILES string of the molecule is CCCCCCn1c2ccc(Cl)cc2c(=O)c2cc3c(cc21)c(=O)c1cc(Cl)ccc1n3CCCCCC(=O)O. The Kier molecular flexibility index (Phi) is 8.48. The van der Waals surface area contributed by atoms with Crippen molar-refractivity contribution in [3.8, 4) is 0 Å². The molecule has 5 rings (SSSR count). The number of fused-ring (bicyclic) bond motifs is 4. The van der Waals surface area contributed by atoms with Crippen LogP contribution in [0.4, 0.5) is 0 Å². The Morgan fingerprint density at radius 1 is 0.650 bits per heavy atom. The number of benzene rings is 3. The lowest BCUT2D eigenvalue weighted by molar-refractivity contribution is -0.137. The molecule has 0 atom stereocenters. The van der Waals surface area contributed by atoms with E-state index in [1.54, 1.807) is 24.3 Å². The quantitative estimate of drug-likeness (QED) is 0.126. The van der Waals surface area contributed by atoms with Crippen LogP contribution in [0.15, 0.2) is 58.1 Å². The van der Waals surface area contributed by atoms with Crippen molar-refractivity contribution in [2.24, 2.45) is 0 Å². The van der Waals surface area contributed by atoms with Crippen molar-refractivity contribution in [2.75, 3.05) is 0 Å². The fourth-order valence-corrected chi connectivity index (χ4v) is 6.03. The summed E-state index contributed by atoms with van der Waals surface area (Å²) in [6.45, 7) is 3.47. The second kappa shape index (κ2) is 12.0. The lowest BCUT2D eigenvalue weighted by atomic mass is 10.0. The molecular weight excluding hydrogens is 547 g/mol. The third kappa shape index (κ3) is 5.48. The summed E-state index contributed by atoms with van der Waals surface area (Å²) in [5.41, 5.74) is 2.72. The summed E-state index contributed by atoms with van der Waals surface area (Å²) in [6, 6.07) is 14.4. The minimum atomic E-state index is -0.807. The molecule has 5 aromatic rings. The number of halogens is 2. The van der Waals surface area contributed by atoms with Gasteiger partial charge in [-0.05, 0) is 67.8 Å². The van der Waals surface area contributed by atoms with Gasteiger partial charge in [0.2, 0.25) is 0 Å². The first-order chi connectivity index (χ1) is 19.3. The molecule has 0 aliphatic rings. The topological polar surface area (TPSA) is 81.3 Å². The first-order valence-electron chi connectivity index (χ1n) is 13.9. The number of unbranched alkanes of at least 4 members (excludes halogenated alkanes) is 5. The summed E-state index contributed by atoms with van der Waals surface area (Å²) < 4.78 is 4.21. The van der Waals surface area contributed by atoms with Crippen molar-refractivity contribution in [3.05, 3.63) is 79.0 Å². The molecule has 2 aromatic heterocycles. The van der Waals surface area contributed by atoms with Crippen molar-refractivity contribution in [3.63, 3.8) is 0 Å². The van der Waals surface area contributed by atoms with E-state index in [1.807, 2.05) is 24.3 Å². The zero-order valence-corrected chi connectivity index (χ0v) is 24.0. The number of nitrogens with zero attached hydrogens (tertiary/aromatic N) is 2. The molecule has 6 nitrogen and oxygen atoms in total. The van der Waals surface area contributed by atoms with Gasteiger partial charge in [0.25, 0.3) is 0 Å². The lowest BCUT2D eigenvalue weighted by Crippen LogP contribution is -2.16. The van der Waals surface area contributed by atoms with Crippen LogP contribution in [0.5, 0.6) is 0 Å². The highest BCUT2D eigenvalue weighted by Gasteiger charge is 2.17. The fourth-order valence-electron chi connectivity index (χ4n) is 5.69. The number of aliphatic carboxylic acids is 1. The van der Waals surface area contributed by atoms with Gasteiger partial charge < -0.3 is 14.2 Å². The smallest absolute Gasteiger partial charge is 0.303 e. The summed E-state index contributed by atoms with van der Waals surface area (Å²) in [4.78, 5) is 38.7. The third-order valence-electron chi connectivity index (χ3n) is 7.68. The van der Waals surface area contributed by atoms with Crippen molar-refractivity contribution >= 4 is 72.8 Å². The second-order valence-electron chi connectivity index (χ2n) is 10.4. The van der Waals surface area contributed by atoms with Crippen LogP contribution in [-0.4, -0.2) is 20.2 Å². The number of rotatable bonds is 11. The Balaban J connectivity index is 1.78. The molecule has 0 saturated carbocycles. The van der Waals surface area contributed by atoms with Gasteiger partial charge in [-0.2, -0.15) is 0 Å². The minimum absolute atomic E-state index is 0.115. The maximum absolute atomic E-state index is 13.8. The molecule has 208 valence electrons. The van der Waals surface area contributed by atoms with Gasteiger partial charge in [-0.3, -0.25) is 14.4 Å². The number of carboxylic acid groups (broad SMARTS) is 1. The van der Waals surface area contributed by atoms with E-state index in [0.717, 1.165) is 61.6 Å². The molecule has 3 aromatic carbocycles. The van der Waals surface area contributed by atoms with E-state index < -0.39 is 5.97 Å². The Hall–Kier alpha value is -3.35. The molecule has 0 aliphatic carbocycles. The first kappa shape index (κ1) is 28.2. The number of hydrogen-bond acceptors (Lipinski definition) is 3. The molecule has 0 unspecified atom stereocenters. The van der Waals surface area contributed by atoms with Crippen LogP contribution in [0.1, 0.15) is 58.3 Å². The number of aryl methyl sites for hydroxylation is 2. The number of carbonyl (C=O) groups is 1. The zero-order valence-electron chi connectivity index (χ0n) is 22.5. The predicted molar refractivity (Wildman–Crippen MR) is 165 cm³/mol. The lowest BCUT2D eigenvalue weighted by Gasteiger charge is -2.19. The average Bonchev–Trinajstić information content (AvgIpc) is 2.93. The highest BCUT2D eigenvalue weighted by Crippen LogP contribution is 2.29. The Morgan fingerprint density at radius 3 is 1.55 bits per heavy atom. The number of aromatic nitrogens is 2. The first-order valence-corrected chi connectivity index (χ1v) is 14.7. The largest absolute Gasteiger partial charge is 0.481 e. The molecular formula is C32H32Cl2N2O4. The van der Waals surface area contributed by atoms with Gasteiger partial charge in [0.1, 0.15) is 0 Å². The van der Waals surface area contributed by atoms with Crippen molar-refractivity contribution < 1.29 is 9.90 Å². The molecule has 1 N–H and O–H groups in total. The van der Waals surface area contributed by atoms with Gasteiger partial charge in [0.05, 0.1) is 22.1 Å². The van der Waals surface area contributed by atoms with Gasteiger partial charge in [0, 0.05) is 51.1 Å². The van der Waals surface area contributed by atoms with Gasteiger partial charge in [-0.1, -0.05) is 55.8 Å². The van der Waals surface area contributed by atoms with Crippen LogP contribution in [0, 0.1) is 0 Å². The second-order valence-corrected chi connectivity index (χ2v) is 11.3. The molecule has 0 spiro atoms. The third-order valence-corrected chi connectivity index (χ3v) is 8.15. The Morgan fingerprint density at radius 2 is 1.10 bits per heavy atom. The fraction of sp³-hybridized carbons (Fsp3) is 0.344. The van der Waals surface area contributed by atoms with Crippen LogP contribution >= 0.6 is 23.2 Å². The van der Waals surface area contributed by atoms with E-state index in [9.17, 15) is 14.4 Å². The highest BCUT2D eigenvalue weighted by atomic mass is 35.5. The zero-order chi connectivity index (χ0) is 28.4. The van der Waals surface area contributed by atoms with Gasteiger partial charge in [-0.25, -0.2) is 0 Å². The van der Waals surface area contributed by atoms with E-state index in [2.05, 4.69) is 16.1 Å². The predicted octanol–water partition coefficient (Wildman–Crippen LogP) is 8.15. The van der Waals surface area contributed by atoms with E-state index in [0.29, 0.717) is 50.1 Å². The van der Waals surface area contributed by atoms with Crippen LogP contribution in [0.25, 0.3) is 43.6 Å². The molecule has 0 radical (unpaired) electrons. The normalized spacial score (nSPS) is 11.8. The molecule has 40 heavy (non-hydrogen) atoms. The maximum atomic E-state index is 13.8. The summed E-state index contributed by atoms with van der Waals surface area (Å²) >= 11 is 12.6. The highest BCUT2D eigenvalue weighted by molar-refractivity contribution is 6.31. The maximum Gasteiger partial charge on any atom is 0.303 e. The molecule has 0 fully saturated rings. The van der Waals surface area contributed by atoms with Crippen LogP contribution in [-0.2, 0) is 17.9 Å². The number of pyridine rings is 2. The van der Waals surface area contributed by atoms with Crippen LogP contribution in [0.2, 0.25) is 10.0 Å². The Labute approximate surface area is 241 Å². The number of carboxylic acids is 1. The standard InChI is InChI=1S/C32H32Cl2N2O4/c1-2-3-4-7-14-35-26-12-10-20(33)16-22(26)31(39)24-19-29-25(18-28(24)35)32(40)23-17-21(34)11-13-27(23)36(29)15-8-5-6-9-30(37)38/h10-13,16-19H,2-9,14-15H2,1H3,(H,37,38). The van der Waals surface area contributed by atoms with E-state index >= 15 is 0 Å². The molecule has 0 bridgehead atoms. The number of hydrogen-bond donors (Lipinski definition) is 1. The molecule has 0 saturated heterocycles. The molecule has 0 amide bonds. The van der Waals surface area contributed by atoms with Crippen LogP contribution < -0.4 is 10.9 Å². The minimum Gasteiger partial charge on any atom is -0.481 e. The van der Waals surface area contributed by atoms with Crippen molar-refractivity contribution in [2.45, 2.75) is 71.4 Å². The van der Waals surface area contributed by atoms with E-state index in [4.69, 9.17) is 28.3 Å². The van der Waals surface area contributed by atoms with Crippen molar-refractivity contribution in [1.29, 1.82) is 0 Å². The van der Waals surface area contributed by atoms with Gasteiger partial charge in [-0.15, -0.1) is 0 Å². The monoisotopic (exact) mass is 578 g/mol. The Bertz CT molecular complexity index is 1870. The van der Waals surface area contributed by atoms with Crippen molar-refractivity contribution in [1.82, 2.24) is 9.13 Å². The summed E-state index contributed by atoms with van der Waals surface area (Å²) in [6.07, 6.45) is 6.45. The van der Waals surface area contributed by atoms with E-state index in [1.165, 1.54) is 0 Å². The summed E-state index contributed by atoms with van der Waals surface area (Å²) in [5.74, 6) is -0.807. The molecule has 8 heteroatoms. The molecule has 0 aliphatic heterocycles. The van der Waals surface area contributed by atoms with Crippen LogP contribution in [0.3, 0.4) is 0 Å².